The molecule has 1 N–H and O–H groups in total. The summed E-state index contributed by atoms with van der Waals surface area (Å²) in [5.74, 6) is 0.895. The third-order valence-corrected chi connectivity index (χ3v) is 2.26. The lowest BCUT2D eigenvalue weighted by Crippen LogP contribution is -1.92. The van der Waals surface area contributed by atoms with Crippen LogP contribution < -0.4 is 0 Å². The van der Waals surface area contributed by atoms with Crippen molar-refractivity contribution in [1.82, 2.24) is 20.2 Å². The standard InChI is InChI=1S/C10H12N4O/c1-6-4-8(5-7(2)9(6)15)10-11-13-14(3)12-10/h4-5,15H,1-3H3. The third-order valence-electron chi connectivity index (χ3n) is 2.26. The molecule has 1 heterocycles. The Labute approximate surface area is 87.4 Å². The fourth-order valence-electron chi connectivity index (χ4n) is 1.48. The van der Waals surface area contributed by atoms with Gasteiger partial charge < -0.3 is 5.11 Å². The van der Waals surface area contributed by atoms with E-state index < -0.39 is 0 Å². The maximum atomic E-state index is 9.62. The van der Waals surface area contributed by atoms with E-state index in [1.54, 1.807) is 7.05 Å². The number of hydrogen-bond donors (Lipinski definition) is 1. The van der Waals surface area contributed by atoms with Crippen LogP contribution in [0.15, 0.2) is 12.1 Å². The molecule has 0 spiro atoms. The SMILES string of the molecule is Cc1cc(-c2nnn(C)n2)cc(C)c1O. The maximum Gasteiger partial charge on any atom is 0.204 e. The van der Waals surface area contributed by atoms with Crippen molar-refractivity contribution in [2.24, 2.45) is 7.05 Å². The van der Waals surface area contributed by atoms with Gasteiger partial charge in [0.25, 0.3) is 0 Å². The molecule has 0 saturated carbocycles. The van der Waals surface area contributed by atoms with Gasteiger partial charge in [-0.15, -0.1) is 10.2 Å². The highest BCUT2D eigenvalue weighted by molar-refractivity contribution is 5.60. The van der Waals surface area contributed by atoms with Crippen LogP contribution in [0.1, 0.15) is 11.1 Å². The molecule has 0 aliphatic carbocycles. The van der Waals surface area contributed by atoms with Crippen LogP contribution in [-0.2, 0) is 7.05 Å². The summed E-state index contributed by atoms with van der Waals surface area (Å²) >= 11 is 0. The van der Waals surface area contributed by atoms with E-state index in [4.69, 9.17) is 0 Å². The molecule has 15 heavy (non-hydrogen) atoms. The molecule has 1 aromatic heterocycles. The Morgan fingerprint density at radius 2 is 1.80 bits per heavy atom. The van der Waals surface area contributed by atoms with Crippen LogP contribution in [0, 0.1) is 13.8 Å². The van der Waals surface area contributed by atoms with Gasteiger partial charge in [-0.3, -0.25) is 0 Å². The first-order chi connectivity index (χ1) is 7.08. The van der Waals surface area contributed by atoms with Crippen molar-refractivity contribution in [2.45, 2.75) is 13.8 Å². The lowest BCUT2D eigenvalue weighted by Gasteiger charge is -2.04. The molecule has 0 amide bonds. The zero-order valence-corrected chi connectivity index (χ0v) is 8.89. The molecule has 0 atom stereocenters. The van der Waals surface area contributed by atoms with Crippen molar-refractivity contribution in [3.8, 4) is 17.1 Å². The maximum absolute atomic E-state index is 9.62. The number of rotatable bonds is 1. The number of phenolic OH excluding ortho intramolecular Hbond substituents is 1. The van der Waals surface area contributed by atoms with Gasteiger partial charge in [-0.25, -0.2) is 0 Å². The summed E-state index contributed by atoms with van der Waals surface area (Å²) in [5, 5.41) is 21.4. The fourth-order valence-corrected chi connectivity index (χ4v) is 1.48. The van der Waals surface area contributed by atoms with Crippen molar-refractivity contribution in [1.29, 1.82) is 0 Å². The predicted molar refractivity (Wildman–Crippen MR) is 55.4 cm³/mol. The minimum Gasteiger partial charge on any atom is -0.507 e. The van der Waals surface area contributed by atoms with Gasteiger partial charge in [0.2, 0.25) is 5.82 Å². The normalized spacial score (nSPS) is 10.6. The zero-order valence-electron chi connectivity index (χ0n) is 8.89. The fraction of sp³-hybridized carbons (Fsp3) is 0.300. The average Bonchev–Trinajstić information content (AvgIpc) is 2.60. The first kappa shape index (κ1) is 9.64. The Morgan fingerprint density at radius 3 is 2.27 bits per heavy atom. The molecule has 1 aromatic carbocycles. The van der Waals surface area contributed by atoms with E-state index in [2.05, 4.69) is 15.4 Å². The molecule has 5 nitrogen and oxygen atoms in total. The Balaban J connectivity index is 2.55. The molecule has 0 saturated heterocycles. The Bertz CT molecular complexity index is 481. The van der Waals surface area contributed by atoms with Crippen LogP contribution in [0.25, 0.3) is 11.4 Å². The van der Waals surface area contributed by atoms with Gasteiger partial charge in [0.05, 0.1) is 7.05 Å². The van der Waals surface area contributed by atoms with Gasteiger partial charge >= 0.3 is 0 Å². The second kappa shape index (κ2) is 3.34. The monoisotopic (exact) mass is 204 g/mol. The number of nitrogens with zero attached hydrogens (tertiary/aromatic N) is 4. The predicted octanol–water partition coefficient (Wildman–Crippen LogP) is 1.20. The number of aromatic hydroxyl groups is 1. The Kier molecular flexibility index (Phi) is 2.15. The smallest absolute Gasteiger partial charge is 0.204 e. The van der Waals surface area contributed by atoms with Crippen molar-refractivity contribution in [3.05, 3.63) is 23.3 Å². The number of aryl methyl sites for hydroxylation is 3. The highest BCUT2D eigenvalue weighted by atomic mass is 16.3. The van der Waals surface area contributed by atoms with Gasteiger partial charge in [-0.1, -0.05) is 0 Å². The number of aromatic nitrogens is 4. The van der Waals surface area contributed by atoms with E-state index in [1.807, 2.05) is 26.0 Å². The summed E-state index contributed by atoms with van der Waals surface area (Å²) in [5.41, 5.74) is 2.51. The first-order valence-corrected chi connectivity index (χ1v) is 4.62. The van der Waals surface area contributed by atoms with Crippen molar-refractivity contribution >= 4 is 0 Å². The third kappa shape index (κ3) is 1.68. The van der Waals surface area contributed by atoms with Crippen LogP contribution >= 0.6 is 0 Å². The average molecular weight is 204 g/mol. The van der Waals surface area contributed by atoms with Crippen molar-refractivity contribution in [2.75, 3.05) is 0 Å². The van der Waals surface area contributed by atoms with Gasteiger partial charge in [-0.2, -0.15) is 4.80 Å². The van der Waals surface area contributed by atoms with E-state index in [9.17, 15) is 5.11 Å². The lowest BCUT2D eigenvalue weighted by molar-refractivity contribution is 0.467. The topological polar surface area (TPSA) is 63.8 Å². The van der Waals surface area contributed by atoms with Crippen LogP contribution in [0.3, 0.4) is 0 Å². The van der Waals surface area contributed by atoms with Gasteiger partial charge in [0.1, 0.15) is 5.75 Å². The molecular weight excluding hydrogens is 192 g/mol. The number of phenols is 1. The number of tetrazole rings is 1. The van der Waals surface area contributed by atoms with Crippen LogP contribution in [0.5, 0.6) is 5.75 Å². The molecule has 0 aliphatic heterocycles. The quantitative estimate of drug-likeness (QED) is 0.758. The van der Waals surface area contributed by atoms with Crippen LogP contribution in [0.4, 0.5) is 0 Å². The molecule has 0 bridgehead atoms. The molecule has 2 rings (SSSR count). The van der Waals surface area contributed by atoms with E-state index in [0.29, 0.717) is 11.6 Å². The first-order valence-electron chi connectivity index (χ1n) is 4.62. The van der Waals surface area contributed by atoms with E-state index in [0.717, 1.165) is 16.7 Å². The Morgan fingerprint density at radius 1 is 1.20 bits per heavy atom. The highest BCUT2D eigenvalue weighted by Crippen LogP contribution is 2.26. The molecule has 5 heteroatoms. The minimum atomic E-state index is 0.322. The van der Waals surface area contributed by atoms with Gasteiger partial charge in [-0.05, 0) is 42.3 Å². The zero-order chi connectivity index (χ0) is 11.0. The molecular formula is C10H12N4O. The van der Waals surface area contributed by atoms with Crippen molar-refractivity contribution in [3.63, 3.8) is 0 Å². The molecule has 0 radical (unpaired) electrons. The van der Waals surface area contributed by atoms with Gasteiger partial charge in [0.15, 0.2) is 0 Å². The van der Waals surface area contributed by atoms with E-state index in [-0.39, 0.29) is 0 Å². The summed E-state index contributed by atoms with van der Waals surface area (Å²) in [4.78, 5) is 1.41. The summed E-state index contributed by atoms with van der Waals surface area (Å²) in [7, 11) is 1.72. The lowest BCUT2D eigenvalue weighted by atomic mass is 10.1. The second-order valence-corrected chi connectivity index (χ2v) is 3.56. The highest BCUT2D eigenvalue weighted by Gasteiger charge is 2.08. The largest absolute Gasteiger partial charge is 0.507 e. The minimum absolute atomic E-state index is 0.322. The molecule has 2 aromatic rings. The second-order valence-electron chi connectivity index (χ2n) is 3.56. The van der Waals surface area contributed by atoms with E-state index >= 15 is 0 Å². The van der Waals surface area contributed by atoms with Crippen LogP contribution in [0.2, 0.25) is 0 Å². The number of hydrogen-bond acceptors (Lipinski definition) is 4. The van der Waals surface area contributed by atoms with Gasteiger partial charge in [0, 0.05) is 5.56 Å². The Hall–Kier alpha value is -1.91. The number of benzene rings is 1. The molecule has 0 fully saturated rings. The van der Waals surface area contributed by atoms with Crippen molar-refractivity contribution < 1.29 is 5.11 Å². The van der Waals surface area contributed by atoms with E-state index in [1.165, 1.54) is 4.80 Å². The molecule has 0 unspecified atom stereocenters. The summed E-state index contributed by atoms with van der Waals surface area (Å²) in [6.07, 6.45) is 0. The summed E-state index contributed by atoms with van der Waals surface area (Å²) in [6.45, 7) is 3.70. The van der Waals surface area contributed by atoms with Crippen LogP contribution in [-0.4, -0.2) is 25.3 Å². The molecule has 78 valence electrons. The summed E-state index contributed by atoms with van der Waals surface area (Å²) in [6, 6.07) is 3.69. The molecule has 0 aliphatic rings. The summed E-state index contributed by atoms with van der Waals surface area (Å²) < 4.78 is 0.